The summed E-state index contributed by atoms with van der Waals surface area (Å²) in [6, 6.07) is 0. The van der Waals surface area contributed by atoms with Crippen LogP contribution in [0.15, 0.2) is 11.1 Å². The van der Waals surface area contributed by atoms with E-state index < -0.39 is 11.4 Å². The maximum atomic E-state index is 11.9. The Balaban J connectivity index is 2.09. The monoisotopic (exact) mass is 264 g/mol. The van der Waals surface area contributed by atoms with E-state index in [0.29, 0.717) is 12.0 Å². The Morgan fingerprint density at radius 2 is 2.11 bits per heavy atom. The summed E-state index contributed by atoms with van der Waals surface area (Å²) in [5.41, 5.74) is 1.81. The molecule has 0 aromatic heterocycles. The highest BCUT2D eigenvalue weighted by Gasteiger charge is 2.60. The molecule has 106 valence electrons. The Kier molecular flexibility index (Phi) is 3.01. The van der Waals surface area contributed by atoms with E-state index in [2.05, 4.69) is 13.8 Å². The van der Waals surface area contributed by atoms with E-state index in [4.69, 9.17) is 4.74 Å². The zero-order chi connectivity index (χ0) is 13.8. The van der Waals surface area contributed by atoms with Crippen molar-refractivity contribution in [3.8, 4) is 0 Å². The number of carbonyl (C=O) groups is 1. The number of ether oxygens (including phenoxy) is 1. The zero-order valence-corrected chi connectivity index (χ0v) is 12.1. The van der Waals surface area contributed by atoms with E-state index in [1.165, 1.54) is 24.8 Å². The molecule has 2 aliphatic carbocycles. The van der Waals surface area contributed by atoms with Crippen LogP contribution in [-0.4, -0.2) is 23.3 Å². The molecule has 3 aliphatic rings. The van der Waals surface area contributed by atoms with Crippen LogP contribution in [0.2, 0.25) is 0 Å². The van der Waals surface area contributed by atoms with Crippen LogP contribution in [0.3, 0.4) is 0 Å². The van der Waals surface area contributed by atoms with Gasteiger partial charge in [-0.15, -0.1) is 0 Å². The van der Waals surface area contributed by atoms with Crippen LogP contribution < -0.4 is 0 Å². The number of rotatable bonds is 1. The van der Waals surface area contributed by atoms with Gasteiger partial charge in [0, 0.05) is 0 Å². The SMILES string of the molecule is CC1CCCCC1=C1C2OC2CC(C)C1(C)C(=O)O. The van der Waals surface area contributed by atoms with E-state index in [1.54, 1.807) is 0 Å². The van der Waals surface area contributed by atoms with Crippen LogP contribution in [0, 0.1) is 17.3 Å². The van der Waals surface area contributed by atoms with E-state index in [-0.39, 0.29) is 12.0 Å². The molecular formula is C16H24O3. The summed E-state index contributed by atoms with van der Waals surface area (Å²) in [4.78, 5) is 11.9. The molecule has 19 heavy (non-hydrogen) atoms. The molecule has 0 spiro atoms. The molecule has 0 aromatic rings. The van der Waals surface area contributed by atoms with Gasteiger partial charge in [0.15, 0.2) is 0 Å². The Labute approximate surface area is 115 Å². The van der Waals surface area contributed by atoms with Crippen molar-refractivity contribution < 1.29 is 14.6 Å². The Hall–Kier alpha value is -0.830. The predicted octanol–water partition coefficient (Wildman–Crippen LogP) is 3.39. The van der Waals surface area contributed by atoms with Crippen molar-refractivity contribution in [2.45, 2.75) is 65.1 Å². The molecule has 1 heterocycles. The first kappa shape index (κ1) is 13.2. The van der Waals surface area contributed by atoms with Gasteiger partial charge < -0.3 is 9.84 Å². The molecule has 5 unspecified atom stereocenters. The quantitative estimate of drug-likeness (QED) is 0.583. The van der Waals surface area contributed by atoms with Crippen molar-refractivity contribution in [3.63, 3.8) is 0 Å². The van der Waals surface area contributed by atoms with Gasteiger partial charge in [0.25, 0.3) is 0 Å². The van der Waals surface area contributed by atoms with Crippen molar-refractivity contribution >= 4 is 5.97 Å². The van der Waals surface area contributed by atoms with Gasteiger partial charge in [-0.1, -0.05) is 25.8 Å². The van der Waals surface area contributed by atoms with Crippen molar-refractivity contribution in [2.24, 2.45) is 17.3 Å². The lowest BCUT2D eigenvalue weighted by Crippen LogP contribution is -2.43. The number of carboxylic acids is 1. The highest BCUT2D eigenvalue weighted by molar-refractivity contribution is 5.80. The molecule has 0 radical (unpaired) electrons. The molecule has 1 saturated heterocycles. The third-order valence-corrected chi connectivity index (χ3v) is 5.72. The highest BCUT2D eigenvalue weighted by Crippen LogP contribution is 2.56. The first-order chi connectivity index (χ1) is 8.96. The number of carboxylic acid groups (broad SMARTS) is 1. The summed E-state index contributed by atoms with van der Waals surface area (Å²) in [6.07, 6.45) is 6.01. The number of aliphatic carboxylic acids is 1. The Morgan fingerprint density at radius 3 is 2.74 bits per heavy atom. The summed E-state index contributed by atoms with van der Waals surface area (Å²) in [5, 5.41) is 9.80. The highest BCUT2D eigenvalue weighted by atomic mass is 16.6. The van der Waals surface area contributed by atoms with Crippen LogP contribution in [0.4, 0.5) is 0 Å². The minimum Gasteiger partial charge on any atom is -0.481 e. The van der Waals surface area contributed by atoms with E-state index in [9.17, 15) is 9.90 Å². The molecule has 3 nitrogen and oxygen atoms in total. The number of allylic oxidation sites excluding steroid dienone is 1. The molecule has 2 saturated carbocycles. The zero-order valence-electron chi connectivity index (χ0n) is 12.1. The molecular weight excluding hydrogens is 240 g/mol. The van der Waals surface area contributed by atoms with Gasteiger partial charge in [-0.25, -0.2) is 0 Å². The van der Waals surface area contributed by atoms with Crippen LogP contribution in [-0.2, 0) is 9.53 Å². The molecule has 3 fully saturated rings. The van der Waals surface area contributed by atoms with Crippen LogP contribution >= 0.6 is 0 Å². The summed E-state index contributed by atoms with van der Waals surface area (Å²) in [5.74, 6) is 0.0113. The second-order valence-electron chi connectivity index (χ2n) is 6.83. The average Bonchev–Trinajstić information content (AvgIpc) is 3.10. The summed E-state index contributed by atoms with van der Waals surface area (Å²) >= 11 is 0. The minimum absolute atomic E-state index is 0.104. The molecule has 0 bridgehead atoms. The van der Waals surface area contributed by atoms with E-state index in [0.717, 1.165) is 18.4 Å². The summed E-state index contributed by atoms with van der Waals surface area (Å²) < 4.78 is 5.79. The normalized spacial score (nSPS) is 49.6. The lowest BCUT2D eigenvalue weighted by atomic mass is 9.62. The van der Waals surface area contributed by atoms with Crippen molar-refractivity contribution in [2.75, 3.05) is 0 Å². The van der Waals surface area contributed by atoms with Crippen molar-refractivity contribution in [1.29, 1.82) is 0 Å². The predicted molar refractivity (Wildman–Crippen MR) is 72.8 cm³/mol. The Morgan fingerprint density at radius 1 is 1.37 bits per heavy atom. The standard InChI is InChI=1S/C16H24O3/c1-9-6-4-5-7-11(9)13-14-12(19-14)8-10(2)16(13,3)15(17)18/h9-10,12,14H,4-8H2,1-3H3,(H,17,18). The topological polar surface area (TPSA) is 49.8 Å². The molecule has 0 aromatic carbocycles. The number of hydrogen-bond donors (Lipinski definition) is 1. The van der Waals surface area contributed by atoms with Gasteiger partial charge in [0.1, 0.15) is 6.10 Å². The summed E-state index contributed by atoms with van der Waals surface area (Å²) in [6.45, 7) is 6.24. The second kappa shape index (κ2) is 4.34. The summed E-state index contributed by atoms with van der Waals surface area (Å²) in [7, 11) is 0. The van der Waals surface area contributed by atoms with Crippen molar-refractivity contribution in [3.05, 3.63) is 11.1 Å². The number of fused-ring (bicyclic) bond motifs is 1. The van der Waals surface area contributed by atoms with Gasteiger partial charge in [0.05, 0.1) is 11.5 Å². The van der Waals surface area contributed by atoms with Gasteiger partial charge in [-0.05, 0) is 50.0 Å². The molecule has 0 amide bonds. The molecule has 1 aliphatic heterocycles. The fraction of sp³-hybridized carbons (Fsp3) is 0.812. The minimum atomic E-state index is -0.724. The lowest BCUT2D eigenvalue weighted by molar-refractivity contribution is -0.149. The van der Waals surface area contributed by atoms with Gasteiger partial charge in [0.2, 0.25) is 0 Å². The van der Waals surface area contributed by atoms with Crippen LogP contribution in [0.25, 0.3) is 0 Å². The lowest BCUT2D eigenvalue weighted by Gasteiger charge is -2.40. The first-order valence-electron chi connectivity index (χ1n) is 7.58. The van der Waals surface area contributed by atoms with Crippen LogP contribution in [0.1, 0.15) is 52.9 Å². The molecule has 5 atom stereocenters. The van der Waals surface area contributed by atoms with E-state index in [1.807, 2.05) is 6.92 Å². The second-order valence-corrected chi connectivity index (χ2v) is 6.83. The number of hydrogen-bond acceptors (Lipinski definition) is 2. The smallest absolute Gasteiger partial charge is 0.313 e. The van der Waals surface area contributed by atoms with Crippen LogP contribution in [0.5, 0.6) is 0 Å². The maximum absolute atomic E-state index is 11.9. The largest absolute Gasteiger partial charge is 0.481 e. The first-order valence-corrected chi connectivity index (χ1v) is 7.58. The fourth-order valence-corrected chi connectivity index (χ4v) is 4.15. The van der Waals surface area contributed by atoms with Crippen molar-refractivity contribution in [1.82, 2.24) is 0 Å². The average molecular weight is 264 g/mol. The molecule has 3 rings (SSSR count). The fourth-order valence-electron chi connectivity index (χ4n) is 4.15. The van der Waals surface area contributed by atoms with Gasteiger partial charge in [-0.2, -0.15) is 0 Å². The van der Waals surface area contributed by atoms with E-state index >= 15 is 0 Å². The number of epoxide rings is 1. The molecule has 1 N–H and O–H groups in total. The third kappa shape index (κ3) is 1.85. The third-order valence-electron chi connectivity index (χ3n) is 5.72. The Bertz CT molecular complexity index is 439. The molecule has 3 heteroatoms. The van der Waals surface area contributed by atoms with Gasteiger partial charge >= 0.3 is 5.97 Å². The van der Waals surface area contributed by atoms with Gasteiger partial charge in [-0.3, -0.25) is 4.79 Å². The maximum Gasteiger partial charge on any atom is 0.313 e.